The molecule has 222 valence electrons. The lowest BCUT2D eigenvalue weighted by Crippen LogP contribution is -2.46. The number of benzene rings is 4. The number of nitrogens with zero attached hydrogens (tertiary/aromatic N) is 2. The highest BCUT2D eigenvalue weighted by Gasteiger charge is 2.39. The second-order valence-electron chi connectivity index (χ2n) is 10.1. The average Bonchev–Trinajstić information content (AvgIpc) is 3.60. The molecule has 2 aliphatic heterocycles. The Hall–Kier alpha value is -5.71. The molecule has 0 aliphatic carbocycles. The number of para-hydroxylation sites is 1. The molecule has 0 spiro atoms. The molecule has 0 fully saturated rings. The highest BCUT2D eigenvalue weighted by Crippen LogP contribution is 2.36. The number of methoxy groups -OCH3 is 1. The third kappa shape index (κ3) is 5.54. The Labute approximate surface area is 251 Å². The molecule has 0 saturated carbocycles. The normalized spacial score (nSPS) is 13.8. The molecule has 1 unspecified atom stereocenters. The third-order valence-corrected chi connectivity index (χ3v) is 7.37. The summed E-state index contributed by atoms with van der Waals surface area (Å²) < 4.78 is 30.0. The molecular weight excluding hydrogens is 569 g/mol. The Balaban J connectivity index is 1.40. The number of halogens is 1. The predicted octanol–water partition coefficient (Wildman–Crippen LogP) is 4.50. The quantitative estimate of drug-likeness (QED) is 0.284. The van der Waals surface area contributed by atoms with Crippen LogP contribution < -0.4 is 24.4 Å². The topological polar surface area (TPSA) is 114 Å². The van der Waals surface area contributed by atoms with Crippen molar-refractivity contribution in [2.75, 3.05) is 30.7 Å². The Kier molecular flexibility index (Phi) is 7.67. The molecule has 0 radical (unpaired) electrons. The van der Waals surface area contributed by atoms with Gasteiger partial charge in [-0.1, -0.05) is 36.4 Å². The van der Waals surface area contributed by atoms with E-state index in [-0.39, 0.29) is 18.9 Å². The van der Waals surface area contributed by atoms with Gasteiger partial charge in [-0.15, -0.1) is 0 Å². The summed E-state index contributed by atoms with van der Waals surface area (Å²) in [6, 6.07) is 22.3. The fourth-order valence-corrected chi connectivity index (χ4v) is 5.21. The molecule has 6 rings (SSSR count). The number of hydrogen-bond acceptors (Lipinski definition) is 7. The average molecular weight is 596 g/mol. The van der Waals surface area contributed by atoms with Gasteiger partial charge in [0.15, 0.2) is 11.5 Å². The van der Waals surface area contributed by atoms with Crippen molar-refractivity contribution in [1.82, 2.24) is 4.90 Å². The zero-order valence-corrected chi connectivity index (χ0v) is 23.5. The fraction of sp³-hybridized carbons (Fsp3) is 0.152. The van der Waals surface area contributed by atoms with Crippen molar-refractivity contribution in [3.05, 3.63) is 114 Å². The monoisotopic (exact) mass is 595 g/mol. The number of fused-ring (bicyclic) bond motifs is 2. The first-order chi connectivity index (χ1) is 21.3. The first-order valence-electron chi connectivity index (χ1n) is 13.7. The van der Waals surface area contributed by atoms with Crippen molar-refractivity contribution < 1.29 is 37.8 Å². The van der Waals surface area contributed by atoms with Gasteiger partial charge in [0.05, 0.1) is 18.4 Å². The number of hydrogen-bond donors (Lipinski definition) is 1. The summed E-state index contributed by atoms with van der Waals surface area (Å²) >= 11 is 0. The Bertz CT molecular complexity index is 1780. The molecule has 3 amide bonds. The van der Waals surface area contributed by atoms with E-state index < -0.39 is 41.9 Å². The van der Waals surface area contributed by atoms with Crippen LogP contribution in [-0.2, 0) is 20.9 Å². The van der Waals surface area contributed by atoms with Crippen LogP contribution in [0.5, 0.6) is 17.2 Å². The number of carbonyl (C=O) groups excluding carboxylic acids is 4. The molecule has 0 saturated heterocycles. The summed E-state index contributed by atoms with van der Waals surface area (Å²) in [6.45, 7) is -0.576. The van der Waals surface area contributed by atoms with Crippen molar-refractivity contribution >= 4 is 34.9 Å². The van der Waals surface area contributed by atoms with Crippen LogP contribution in [0.4, 0.5) is 15.8 Å². The second kappa shape index (κ2) is 11.9. The highest BCUT2D eigenvalue weighted by atomic mass is 19.1. The molecular formula is C33H26FN3O7. The maximum Gasteiger partial charge on any atom is 0.299 e. The van der Waals surface area contributed by atoms with Gasteiger partial charge in [-0.25, -0.2) is 4.39 Å². The molecule has 2 heterocycles. The molecule has 1 N–H and O–H groups in total. The Morgan fingerprint density at radius 3 is 2.52 bits per heavy atom. The molecule has 10 nitrogen and oxygen atoms in total. The Morgan fingerprint density at radius 1 is 0.955 bits per heavy atom. The molecule has 44 heavy (non-hydrogen) atoms. The zero-order chi connectivity index (χ0) is 30.8. The van der Waals surface area contributed by atoms with Gasteiger partial charge in [-0.3, -0.25) is 24.1 Å². The van der Waals surface area contributed by atoms with Gasteiger partial charge in [0.2, 0.25) is 12.7 Å². The molecule has 1 atom stereocenters. The van der Waals surface area contributed by atoms with Crippen molar-refractivity contribution in [3.8, 4) is 17.2 Å². The number of anilines is 2. The smallest absolute Gasteiger partial charge is 0.299 e. The van der Waals surface area contributed by atoms with Gasteiger partial charge in [0.25, 0.3) is 17.6 Å². The van der Waals surface area contributed by atoms with Crippen LogP contribution in [0.1, 0.15) is 27.5 Å². The highest BCUT2D eigenvalue weighted by molar-refractivity contribution is 6.52. The first-order valence-corrected chi connectivity index (χ1v) is 13.7. The van der Waals surface area contributed by atoms with Gasteiger partial charge in [-0.05, 0) is 59.7 Å². The van der Waals surface area contributed by atoms with Crippen molar-refractivity contribution in [1.29, 1.82) is 0 Å². The van der Waals surface area contributed by atoms with E-state index in [1.165, 1.54) is 42.3 Å². The lowest BCUT2D eigenvalue weighted by molar-refractivity contribution is -0.139. The summed E-state index contributed by atoms with van der Waals surface area (Å²) in [7, 11) is 1.48. The van der Waals surface area contributed by atoms with Gasteiger partial charge >= 0.3 is 0 Å². The number of carbonyl (C=O) groups is 4. The second-order valence-corrected chi connectivity index (χ2v) is 10.1. The van der Waals surface area contributed by atoms with Gasteiger partial charge in [-0.2, -0.15) is 0 Å². The number of rotatable bonds is 9. The molecule has 11 heteroatoms. The van der Waals surface area contributed by atoms with E-state index in [2.05, 4.69) is 5.32 Å². The van der Waals surface area contributed by atoms with Crippen LogP contribution >= 0.6 is 0 Å². The van der Waals surface area contributed by atoms with Gasteiger partial charge < -0.3 is 24.4 Å². The van der Waals surface area contributed by atoms with Gasteiger partial charge in [0, 0.05) is 18.3 Å². The lowest BCUT2D eigenvalue weighted by atomic mass is 10.0. The van der Waals surface area contributed by atoms with Crippen LogP contribution in [0.15, 0.2) is 91.0 Å². The van der Waals surface area contributed by atoms with E-state index in [1.807, 2.05) is 0 Å². The minimum absolute atomic E-state index is 0.0555. The van der Waals surface area contributed by atoms with Crippen molar-refractivity contribution in [2.45, 2.75) is 12.6 Å². The van der Waals surface area contributed by atoms with E-state index in [0.29, 0.717) is 39.8 Å². The SMILES string of the molecule is COc1cccc(C(C(=O)Nc2ccc3c(c2)OCO3)N(Cc2ccc(F)cc2)C(=O)CN2C(=O)C(=O)c3ccccc32)c1. The minimum Gasteiger partial charge on any atom is -0.497 e. The largest absolute Gasteiger partial charge is 0.497 e. The molecule has 0 aromatic heterocycles. The minimum atomic E-state index is -1.24. The standard InChI is InChI=1S/C33H26FN3O7/c1-42-24-6-4-5-21(15-24)30(32(40)35-23-13-14-27-28(16-23)44-19-43-27)37(17-20-9-11-22(34)12-10-20)29(38)18-36-26-8-3-2-7-25(26)31(39)33(36)41/h2-16,30H,17-19H2,1H3,(H,35,40). The van der Waals surface area contributed by atoms with Gasteiger partial charge in [0.1, 0.15) is 24.2 Å². The van der Waals surface area contributed by atoms with Crippen LogP contribution in [0.25, 0.3) is 0 Å². The van der Waals surface area contributed by atoms with Crippen LogP contribution in [0.2, 0.25) is 0 Å². The molecule has 0 bridgehead atoms. The van der Waals surface area contributed by atoms with Crippen LogP contribution in [0.3, 0.4) is 0 Å². The summed E-state index contributed by atoms with van der Waals surface area (Å²) in [6.07, 6.45) is 0. The summed E-state index contributed by atoms with van der Waals surface area (Å²) in [5.41, 5.74) is 1.85. The molecule has 4 aromatic carbocycles. The maximum absolute atomic E-state index is 14.2. The van der Waals surface area contributed by atoms with E-state index in [1.54, 1.807) is 60.7 Å². The number of amides is 3. The van der Waals surface area contributed by atoms with Crippen LogP contribution in [0, 0.1) is 5.82 Å². The van der Waals surface area contributed by atoms with Crippen molar-refractivity contribution in [3.63, 3.8) is 0 Å². The number of nitrogens with one attached hydrogen (secondary N) is 1. The van der Waals surface area contributed by atoms with Crippen LogP contribution in [-0.4, -0.2) is 48.9 Å². The molecule has 4 aromatic rings. The summed E-state index contributed by atoms with van der Waals surface area (Å²) in [4.78, 5) is 56.4. The van der Waals surface area contributed by atoms with E-state index in [4.69, 9.17) is 14.2 Å². The van der Waals surface area contributed by atoms with E-state index >= 15 is 0 Å². The van der Waals surface area contributed by atoms with E-state index in [9.17, 15) is 23.6 Å². The number of Topliss-reactive ketones (excluding diaryl/α,β-unsaturated/α-hetero) is 1. The maximum atomic E-state index is 14.2. The summed E-state index contributed by atoms with van der Waals surface area (Å²) in [5, 5.41) is 2.86. The Morgan fingerprint density at radius 2 is 1.73 bits per heavy atom. The zero-order valence-electron chi connectivity index (χ0n) is 23.5. The molecule has 2 aliphatic rings. The van der Waals surface area contributed by atoms with Crippen molar-refractivity contribution in [2.24, 2.45) is 0 Å². The fourth-order valence-electron chi connectivity index (χ4n) is 5.21. The summed E-state index contributed by atoms with van der Waals surface area (Å²) in [5.74, 6) is -1.78. The number of ether oxygens (including phenoxy) is 3. The van der Waals surface area contributed by atoms with E-state index in [0.717, 1.165) is 4.90 Å². The first kappa shape index (κ1) is 28.4. The lowest BCUT2D eigenvalue weighted by Gasteiger charge is -2.33. The third-order valence-electron chi connectivity index (χ3n) is 7.37. The number of ketones is 1. The predicted molar refractivity (Wildman–Crippen MR) is 157 cm³/mol.